The van der Waals surface area contributed by atoms with Crippen LogP contribution < -0.4 is 5.56 Å². The van der Waals surface area contributed by atoms with Crippen molar-refractivity contribution in [3.63, 3.8) is 0 Å². The van der Waals surface area contributed by atoms with Crippen LogP contribution >= 0.6 is 0 Å². The molecule has 2 N–H and O–H groups in total. The maximum atomic E-state index is 12.9. The summed E-state index contributed by atoms with van der Waals surface area (Å²) in [5, 5.41) is 11.2. The Morgan fingerprint density at radius 1 is 1.38 bits per heavy atom. The summed E-state index contributed by atoms with van der Waals surface area (Å²) in [7, 11) is 1.67. The molecule has 9 heteroatoms. The number of aromatic nitrogens is 7. The van der Waals surface area contributed by atoms with E-state index in [-0.39, 0.29) is 5.56 Å². The highest BCUT2D eigenvalue weighted by molar-refractivity contribution is 5.59. The molecule has 1 unspecified atom stereocenters. The van der Waals surface area contributed by atoms with Gasteiger partial charge >= 0.3 is 0 Å². The molecule has 0 radical (unpaired) electrons. The maximum absolute atomic E-state index is 12.9. The van der Waals surface area contributed by atoms with Gasteiger partial charge in [-0.3, -0.25) is 9.89 Å². The van der Waals surface area contributed by atoms with E-state index < -0.39 is 0 Å². The lowest BCUT2D eigenvalue weighted by atomic mass is 9.80. The van der Waals surface area contributed by atoms with E-state index in [0.29, 0.717) is 48.0 Å². The number of methoxy groups -OCH3 is 1. The third kappa shape index (κ3) is 4.00. The highest BCUT2D eigenvalue weighted by Gasteiger charge is 2.25. The van der Waals surface area contributed by atoms with E-state index in [1.165, 1.54) is 11.9 Å². The number of aromatic amines is 2. The molecule has 0 aromatic carbocycles. The van der Waals surface area contributed by atoms with Gasteiger partial charge in [0.25, 0.3) is 5.56 Å². The molecule has 1 atom stereocenters. The van der Waals surface area contributed by atoms with Crippen LogP contribution in [0.4, 0.5) is 0 Å². The molecule has 154 valence electrons. The molecule has 0 saturated carbocycles. The Morgan fingerprint density at radius 3 is 2.97 bits per heavy atom. The quantitative estimate of drug-likeness (QED) is 0.591. The smallest absolute Gasteiger partial charge is 0.259 e. The zero-order chi connectivity index (χ0) is 20.4. The number of fused-ring (bicyclic) bond motifs is 1. The summed E-state index contributed by atoms with van der Waals surface area (Å²) in [5.41, 5.74) is 2.67. The van der Waals surface area contributed by atoms with E-state index in [9.17, 15) is 4.79 Å². The molecule has 0 aliphatic heterocycles. The first-order valence-electron chi connectivity index (χ1n) is 10.1. The van der Waals surface area contributed by atoms with Crippen LogP contribution in [0.5, 0.6) is 0 Å². The summed E-state index contributed by atoms with van der Waals surface area (Å²) >= 11 is 0. The molecule has 9 nitrogen and oxygen atoms in total. The number of pyridine rings is 1. The average molecular weight is 397 g/mol. The zero-order valence-corrected chi connectivity index (χ0v) is 17.1. The number of nitrogens with zero attached hydrogens (tertiary/aromatic N) is 5. The maximum Gasteiger partial charge on any atom is 0.259 e. The summed E-state index contributed by atoms with van der Waals surface area (Å²) in [5.74, 6) is 2.70. The second kappa shape index (κ2) is 8.28. The van der Waals surface area contributed by atoms with Crippen LogP contribution in [0.3, 0.4) is 0 Å². The first-order valence-corrected chi connectivity index (χ1v) is 10.1. The van der Waals surface area contributed by atoms with Crippen molar-refractivity contribution < 1.29 is 4.74 Å². The Kier molecular flexibility index (Phi) is 5.57. The number of H-pyrrole nitrogens is 2. The normalized spacial score (nSPS) is 16.3. The Bertz CT molecular complexity index is 1020. The molecule has 3 aromatic rings. The van der Waals surface area contributed by atoms with Crippen molar-refractivity contribution in [2.45, 2.75) is 46.1 Å². The molecule has 0 bridgehead atoms. The molecule has 1 aliphatic carbocycles. The van der Waals surface area contributed by atoms with Crippen molar-refractivity contribution in [1.29, 1.82) is 0 Å². The van der Waals surface area contributed by atoms with E-state index in [4.69, 9.17) is 4.74 Å². The number of rotatable bonds is 7. The lowest BCUT2D eigenvalue weighted by molar-refractivity contribution is 0.189. The van der Waals surface area contributed by atoms with Crippen LogP contribution in [-0.2, 0) is 24.1 Å². The van der Waals surface area contributed by atoms with Crippen LogP contribution in [0.15, 0.2) is 17.2 Å². The van der Waals surface area contributed by atoms with E-state index >= 15 is 0 Å². The predicted molar refractivity (Wildman–Crippen MR) is 108 cm³/mol. The molecule has 3 aromatic heterocycles. The summed E-state index contributed by atoms with van der Waals surface area (Å²) in [6.45, 7) is 5.72. The predicted octanol–water partition coefficient (Wildman–Crippen LogP) is 2.22. The molecule has 3 heterocycles. The van der Waals surface area contributed by atoms with E-state index in [2.05, 4.69) is 44.1 Å². The van der Waals surface area contributed by atoms with Crippen molar-refractivity contribution in [2.24, 2.45) is 11.8 Å². The van der Waals surface area contributed by atoms with Crippen molar-refractivity contribution >= 4 is 0 Å². The van der Waals surface area contributed by atoms with Gasteiger partial charge in [0, 0.05) is 26.0 Å². The molecule has 0 fully saturated rings. The minimum absolute atomic E-state index is 0.128. The highest BCUT2D eigenvalue weighted by atomic mass is 16.5. The Hall–Kier alpha value is -2.81. The third-order valence-electron chi connectivity index (χ3n) is 5.66. The van der Waals surface area contributed by atoms with Crippen LogP contribution in [0.2, 0.25) is 0 Å². The van der Waals surface area contributed by atoms with Gasteiger partial charge in [0.05, 0.1) is 5.56 Å². The van der Waals surface area contributed by atoms with Crippen LogP contribution in [0.25, 0.3) is 23.0 Å². The first-order chi connectivity index (χ1) is 14.1. The van der Waals surface area contributed by atoms with Gasteiger partial charge in [-0.05, 0) is 49.1 Å². The molecule has 4 rings (SSSR count). The van der Waals surface area contributed by atoms with Crippen molar-refractivity contribution in [1.82, 2.24) is 34.9 Å². The summed E-state index contributed by atoms with van der Waals surface area (Å²) in [6.07, 6.45) is 5.18. The standard InChI is InChI=1S/C20H27N7O2/c1-12(2)13-5-6-16-14(9-13)10-15(20(28)23-16)19-24-18(17-21-11-22-25-17)26-27(19)7-4-8-29-3/h10-13H,4-9H2,1-3H3,(H,23,28)(H,21,22,25). The summed E-state index contributed by atoms with van der Waals surface area (Å²) < 4.78 is 6.92. The molecular formula is C20H27N7O2. The lowest BCUT2D eigenvalue weighted by Crippen LogP contribution is -2.24. The summed E-state index contributed by atoms with van der Waals surface area (Å²) in [4.78, 5) is 24.7. The molecule has 0 amide bonds. The molecule has 0 spiro atoms. The third-order valence-corrected chi connectivity index (χ3v) is 5.66. The van der Waals surface area contributed by atoms with Gasteiger partial charge in [-0.15, -0.1) is 5.10 Å². The van der Waals surface area contributed by atoms with Gasteiger partial charge in [-0.2, -0.15) is 5.10 Å². The number of ether oxygens (including phenoxy) is 1. The number of aryl methyl sites for hydroxylation is 2. The van der Waals surface area contributed by atoms with E-state index in [0.717, 1.165) is 31.4 Å². The lowest BCUT2D eigenvalue weighted by Gasteiger charge is -2.27. The zero-order valence-electron chi connectivity index (χ0n) is 17.1. The van der Waals surface area contributed by atoms with Gasteiger partial charge in [0.15, 0.2) is 11.6 Å². The van der Waals surface area contributed by atoms with Crippen LogP contribution in [0.1, 0.15) is 37.9 Å². The monoisotopic (exact) mass is 397 g/mol. The average Bonchev–Trinajstić information content (AvgIpc) is 3.37. The molecule has 0 saturated heterocycles. The van der Waals surface area contributed by atoms with Gasteiger partial charge in [0.2, 0.25) is 5.82 Å². The second-order valence-corrected chi connectivity index (χ2v) is 7.93. The van der Waals surface area contributed by atoms with Gasteiger partial charge in [0.1, 0.15) is 6.33 Å². The molecular weight excluding hydrogens is 370 g/mol. The fraction of sp³-hybridized carbons (Fsp3) is 0.550. The highest BCUT2D eigenvalue weighted by Crippen LogP contribution is 2.30. The van der Waals surface area contributed by atoms with Gasteiger partial charge in [-0.25, -0.2) is 14.6 Å². The van der Waals surface area contributed by atoms with Crippen LogP contribution in [0, 0.1) is 11.8 Å². The topological polar surface area (TPSA) is 114 Å². The van der Waals surface area contributed by atoms with Crippen molar-refractivity contribution in [3.05, 3.63) is 34.0 Å². The Labute approximate surface area is 168 Å². The summed E-state index contributed by atoms with van der Waals surface area (Å²) in [6, 6.07) is 2.00. The Morgan fingerprint density at radius 2 is 2.24 bits per heavy atom. The second-order valence-electron chi connectivity index (χ2n) is 7.93. The number of hydrogen-bond donors (Lipinski definition) is 2. The van der Waals surface area contributed by atoms with Crippen LogP contribution in [-0.4, -0.2) is 48.6 Å². The van der Waals surface area contributed by atoms with E-state index in [1.54, 1.807) is 11.8 Å². The van der Waals surface area contributed by atoms with E-state index in [1.807, 2.05) is 6.07 Å². The Balaban J connectivity index is 1.75. The number of nitrogens with one attached hydrogen (secondary N) is 2. The first kappa shape index (κ1) is 19.5. The largest absolute Gasteiger partial charge is 0.385 e. The fourth-order valence-corrected chi connectivity index (χ4v) is 3.94. The minimum atomic E-state index is -0.128. The molecule has 29 heavy (non-hydrogen) atoms. The SMILES string of the molecule is COCCCn1nc(-c2ncn[nH]2)nc1-c1cc2c([nH]c1=O)CCC(C(C)C)C2. The van der Waals surface area contributed by atoms with Gasteiger partial charge < -0.3 is 9.72 Å². The minimum Gasteiger partial charge on any atom is -0.385 e. The van der Waals surface area contributed by atoms with Crippen molar-refractivity contribution in [3.8, 4) is 23.0 Å². The van der Waals surface area contributed by atoms with Crippen molar-refractivity contribution in [2.75, 3.05) is 13.7 Å². The molecule has 1 aliphatic rings. The van der Waals surface area contributed by atoms with Gasteiger partial charge in [-0.1, -0.05) is 13.8 Å². The number of hydrogen-bond acceptors (Lipinski definition) is 6. The fourth-order valence-electron chi connectivity index (χ4n) is 3.94.